The number of benzene rings is 1. The molecule has 0 saturated heterocycles. The number of esters is 1. The molecule has 1 aliphatic rings. The first-order chi connectivity index (χ1) is 13.0. The number of nitrogens with zero attached hydrogens (tertiary/aromatic N) is 1. The number of aromatic nitrogens is 1. The molecule has 1 unspecified atom stereocenters. The summed E-state index contributed by atoms with van der Waals surface area (Å²) in [5.41, 5.74) is 1.86. The molecule has 1 amide bonds. The molecule has 3 rings (SSSR count). The highest BCUT2D eigenvalue weighted by atomic mass is 16.5. The summed E-state index contributed by atoms with van der Waals surface area (Å²) in [4.78, 5) is 29.0. The molecule has 1 atom stereocenters. The fourth-order valence-corrected chi connectivity index (χ4v) is 2.95. The van der Waals surface area contributed by atoms with E-state index in [1.165, 1.54) is 14.0 Å². The van der Waals surface area contributed by atoms with Crippen LogP contribution in [0.4, 0.5) is 0 Å². The Morgan fingerprint density at radius 1 is 1.22 bits per heavy atom. The van der Waals surface area contributed by atoms with Crippen molar-refractivity contribution >= 4 is 11.9 Å². The van der Waals surface area contributed by atoms with Crippen molar-refractivity contribution in [2.45, 2.75) is 20.0 Å². The Balaban J connectivity index is 2.06. The highest BCUT2D eigenvalue weighted by Gasteiger charge is 2.32. The summed E-state index contributed by atoms with van der Waals surface area (Å²) in [7, 11) is 1.22. The van der Waals surface area contributed by atoms with Gasteiger partial charge in [-0.25, -0.2) is 9.78 Å². The van der Waals surface area contributed by atoms with E-state index in [9.17, 15) is 14.7 Å². The molecule has 27 heavy (non-hydrogen) atoms. The Bertz CT molecular complexity index is 918. The number of amides is 1. The summed E-state index contributed by atoms with van der Waals surface area (Å²) in [5, 5.41) is 13.3. The number of aliphatic hydroxyl groups is 1. The van der Waals surface area contributed by atoms with Crippen LogP contribution in [0.2, 0.25) is 0 Å². The van der Waals surface area contributed by atoms with Gasteiger partial charge in [0.1, 0.15) is 11.9 Å². The third-order valence-electron chi connectivity index (χ3n) is 4.27. The summed E-state index contributed by atoms with van der Waals surface area (Å²) >= 11 is 0. The van der Waals surface area contributed by atoms with Gasteiger partial charge in [0.25, 0.3) is 5.91 Å². The zero-order valence-electron chi connectivity index (χ0n) is 15.3. The monoisotopic (exact) mass is 368 g/mol. The van der Waals surface area contributed by atoms with Crippen LogP contribution in [0.1, 0.15) is 36.0 Å². The molecule has 0 fully saturated rings. The van der Waals surface area contributed by atoms with E-state index in [0.717, 1.165) is 11.3 Å². The van der Waals surface area contributed by atoms with Crippen molar-refractivity contribution in [2.75, 3.05) is 13.7 Å². The summed E-state index contributed by atoms with van der Waals surface area (Å²) in [5.74, 6) is -0.422. The van der Waals surface area contributed by atoms with Crippen LogP contribution in [0.15, 0.2) is 47.7 Å². The second-order valence-electron chi connectivity index (χ2n) is 5.97. The van der Waals surface area contributed by atoms with E-state index in [1.54, 1.807) is 12.1 Å². The Hall–Kier alpha value is -3.19. The SMILES string of the molecule is CCOc1ccc(-c2ccc3c(n2)C(O)C(C(=O)OC)=C(C)NC3=O)cc1. The topological polar surface area (TPSA) is 97.8 Å². The lowest BCUT2D eigenvalue weighted by molar-refractivity contribution is -0.137. The van der Waals surface area contributed by atoms with Gasteiger partial charge < -0.3 is 19.9 Å². The van der Waals surface area contributed by atoms with Gasteiger partial charge in [-0.1, -0.05) is 0 Å². The van der Waals surface area contributed by atoms with Crippen molar-refractivity contribution in [3.63, 3.8) is 0 Å². The molecule has 2 N–H and O–H groups in total. The van der Waals surface area contributed by atoms with Gasteiger partial charge in [0.15, 0.2) is 0 Å². The minimum absolute atomic E-state index is 0.0408. The number of allylic oxidation sites excluding steroid dienone is 1. The number of hydrogen-bond donors (Lipinski definition) is 2. The minimum Gasteiger partial charge on any atom is -0.494 e. The highest BCUT2D eigenvalue weighted by molar-refractivity contribution is 6.01. The first-order valence-corrected chi connectivity index (χ1v) is 8.49. The minimum atomic E-state index is -1.38. The molecule has 0 saturated carbocycles. The van der Waals surface area contributed by atoms with E-state index >= 15 is 0 Å². The zero-order chi connectivity index (χ0) is 19.6. The van der Waals surface area contributed by atoms with Gasteiger partial charge in [-0.2, -0.15) is 0 Å². The van der Waals surface area contributed by atoms with Crippen molar-refractivity contribution < 1.29 is 24.2 Å². The number of carbonyl (C=O) groups is 2. The van der Waals surface area contributed by atoms with E-state index in [4.69, 9.17) is 9.47 Å². The molecule has 7 heteroatoms. The second kappa shape index (κ2) is 7.59. The van der Waals surface area contributed by atoms with E-state index in [0.29, 0.717) is 12.3 Å². The number of fused-ring (bicyclic) bond motifs is 1. The van der Waals surface area contributed by atoms with E-state index in [2.05, 4.69) is 10.3 Å². The summed E-state index contributed by atoms with van der Waals surface area (Å²) in [6, 6.07) is 10.6. The summed E-state index contributed by atoms with van der Waals surface area (Å²) in [6.45, 7) is 4.01. The largest absolute Gasteiger partial charge is 0.494 e. The number of methoxy groups -OCH3 is 1. The van der Waals surface area contributed by atoms with Crippen LogP contribution < -0.4 is 10.1 Å². The molecular weight excluding hydrogens is 348 g/mol. The third kappa shape index (κ3) is 3.54. The average molecular weight is 368 g/mol. The third-order valence-corrected chi connectivity index (χ3v) is 4.27. The quantitative estimate of drug-likeness (QED) is 0.804. The van der Waals surface area contributed by atoms with Gasteiger partial charge in [-0.3, -0.25) is 4.79 Å². The van der Waals surface area contributed by atoms with Gasteiger partial charge in [-0.15, -0.1) is 0 Å². The molecule has 1 aliphatic heterocycles. The molecule has 2 aromatic rings. The fourth-order valence-electron chi connectivity index (χ4n) is 2.95. The first-order valence-electron chi connectivity index (χ1n) is 8.49. The smallest absolute Gasteiger partial charge is 0.338 e. The van der Waals surface area contributed by atoms with Gasteiger partial charge in [0.05, 0.1) is 36.2 Å². The second-order valence-corrected chi connectivity index (χ2v) is 5.97. The van der Waals surface area contributed by atoms with Crippen LogP contribution in [0.5, 0.6) is 5.75 Å². The van der Waals surface area contributed by atoms with Gasteiger partial charge in [0.2, 0.25) is 0 Å². The summed E-state index contributed by atoms with van der Waals surface area (Å²) < 4.78 is 10.2. The summed E-state index contributed by atoms with van der Waals surface area (Å²) in [6.07, 6.45) is -1.38. The van der Waals surface area contributed by atoms with Crippen molar-refractivity contribution in [1.29, 1.82) is 0 Å². The Morgan fingerprint density at radius 3 is 2.56 bits per heavy atom. The Labute approximate surface area is 156 Å². The van der Waals surface area contributed by atoms with Crippen molar-refractivity contribution in [2.24, 2.45) is 0 Å². The fraction of sp³-hybridized carbons (Fsp3) is 0.250. The van der Waals surface area contributed by atoms with E-state index in [-0.39, 0.29) is 22.5 Å². The van der Waals surface area contributed by atoms with Crippen molar-refractivity contribution in [3.8, 4) is 17.0 Å². The maximum Gasteiger partial charge on any atom is 0.338 e. The number of pyridine rings is 1. The van der Waals surface area contributed by atoms with Crippen molar-refractivity contribution in [1.82, 2.24) is 10.3 Å². The van der Waals surface area contributed by atoms with Gasteiger partial charge in [-0.05, 0) is 50.2 Å². The lowest BCUT2D eigenvalue weighted by atomic mass is 10.0. The standard InChI is InChI=1S/C20H20N2O5/c1-4-27-13-7-5-12(6-8-13)15-10-9-14-17(22-15)18(23)16(20(25)26-3)11(2)21-19(14)24/h5-10,18,23H,4H2,1-3H3,(H,21,24). The molecule has 0 aliphatic carbocycles. The number of rotatable bonds is 4. The predicted octanol–water partition coefficient (Wildman–Crippen LogP) is 2.37. The van der Waals surface area contributed by atoms with Crippen LogP contribution in [0.25, 0.3) is 11.3 Å². The van der Waals surface area contributed by atoms with Crippen LogP contribution >= 0.6 is 0 Å². The normalized spacial score (nSPS) is 16.3. The highest BCUT2D eigenvalue weighted by Crippen LogP contribution is 2.31. The average Bonchev–Trinajstić information content (AvgIpc) is 2.76. The van der Waals surface area contributed by atoms with E-state index in [1.807, 2.05) is 31.2 Å². The van der Waals surface area contributed by atoms with Gasteiger partial charge >= 0.3 is 5.97 Å². The predicted molar refractivity (Wildman–Crippen MR) is 98.0 cm³/mol. The first kappa shape index (κ1) is 18.6. The lowest BCUT2D eigenvalue weighted by Gasteiger charge is -2.15. The number of nitrogens with one attached hydrogen (secondary N) is 1. The maximum atomic E-state index is 12.4. The molecule has 0 spiro atoms. The number of carbonyl (C=O) groups excluding carboxylic acids is 2. The van der Waals surface area contributed by atoms with Crippen LogP contribution in [-0.4, -0.2) is 35.7 Å². The Kier molecular flexibility index (Phi) is 5.23. The molecule has 0 bridgehead atoms. The van der Waals surface area contributed by atoms with E-state index < -0.39 is 18.0 Å². The zero-order valence-corrected chi connectivity index (χ0v) is 15.3. The molecule has 1 aromatic heterocycles. The molecule has 1 aromatic carbocycles. The van der Waals surface area contributed by atoms with Crippen molar-refractivity contribution in [3.05, 3.63) is 58.9 Å². The van der Waals surface area contributed by atoms with Crippen LogP contribution in [-0.2, 0) is 9.53 Å². The molecular formula is C20H20N2O5. The Morgan fingerprint density at radius 2 is 1.93 bits per heavy atom. The van der Waals surface area contributed by atoms with Crippen LogP contribution in [0.3, 0.4) is 0 Å². The number of aliphatic hydroxyl groups excluding tert-OH is 1. The molecule has 0 radical (unpaired) electrons. The van der Waals surface area contributed by atoms with Gasteiger partial charge in [0, 0.05) is 11.3 Å². The maximum absolute atomic E-state index is 12.4. The number of hydrogen-bond acceptors (Lipinski definition) is 6. The molecule has 140 valence electrons. The lowest BCUT2D eigenvalue weighted by Crippen LogP contribution is -2.22. The molecule has 2 heterocycles. The molecule has 7 nitrogen and oxygen atoms in total. The number of ether oxygens (including phenoxy) is 2. The van der Waals surface area contributed by atoms with Crippen LogP contribution in [0, 0.1) is 0 Å².